The quantitative estimate of drug-likeness (QED) is 0.438. The third-order valence-corrected chi connectivity index (χ3v) is 2.40. The van der Waals surface area contributed by atoms with Crippen molar-refractivity contribution in [3.05, 3.63) is 42.0 Å². The van der Waals surface area contributed by atoms with Gasteiger partial charge in [0.15, 0.2) is 0 Å². The van der Waals surface area contributed by atoms with Gasteiger partial charge in [0.05, 0.1) is 5.97 Å². The average molecular weight is 210 g/mol. The molecule has 1 fully saturated rings. The van der Waals surface area contributed by atoms with E-state index in [1.165, 1.54) is 6.08 Å². The second-order valence-electron chi connectivity index (χ2n) is 3.56. The molecule has 0 aliphatic heterocycles. The minimum absolute atomic E-state index is 0. The Balaban J connectivity index is 0.00000112. The zero-order valence-corrected chi connectivity index (χ0v) is 10.8. The van der Waals surface area contributed by atoms with Gasteiger partial charge in [-0.15, -0.1) is 0 Å². The summed E-state index contributed by atoms with van der Waals surface area (Å²) in [7, 11) is 0. The fourth-order valence-corrected chi connectivity index (χ4v) is 1.59. The van der Waals surface area contributed by atoms with Crippen LogP contribution in [0.2, 0.25) is 0 Å². The summed E-state index contributed by atoms with van der Waals surface area (Å²) in [5.74, 6) is -0.675. The van der Waals surface area contributed by atoms with Crippen molar-refractivity contribution in [3.63, 3.8) is 0 Å². The fraction of sp³-hybridized carbons (Fsp3) is 0.250. The third-order valence-electron chi connectivity index (χ3n) is 2.40. The minimum atomic E-state index is -1.10. The Bertz CT molecular complexity index is 366. The van der Waals surface area contributed by atoms with Gasteiger partial charge in [-0.25, -0.2) is 0 Å². The van der Waals surface area contributed by atoms with Gasteiger partial charge in [-0.2, -0.15) is 0 Å². The van der Waals surface area contributed by atoms with Crippen LogP contribution in [-0.2, 0) is 4.79 Å². The van der Waals surface area contributed by atoms with Gasteiger partial charge in [-0.05, 0) is 36.0 Å². The Labute approximate surface area is 111 Å². The average Bonchev–Trinajstić information content (AvgIpc) is 2.99. The van der Waals surface area contributed by atoms with E-state index in [1.54, 1.807) is 0 Å². The molecule has 15 heavy (non-hydrogen) atoms. The van der Waals surface area contributed by atoms with Crippen LogP contribution in [0.1, 0.15) is 18.4 Å². The Morgan fingerprint density at radius 1 is 1.27 bits per heavy atom. The van der Waals surface area contributed by atoms with Crippen molar-refractivity contribution in [2.45, 2.75) is 12.8 Å². The van der Waals surface area contributed by atoms with Crippen LogP contribution in [0.25, 0.3) is 5.57 Å². The minimum Gasteiger partial charge on any atom is -0.545 e. The third kappa shape index (κ3) is 3.49. The number of carboxylic acid groups (broad SMARTS) is 1. The van der Waals surface area contributed by atoms with Crippen molar-refractivity contribution in [3.8, 4) is 0 Å². The van der Waals surface area contributed by atoms with Crippen LogP contribution in [0.4, 0.5) is 0 Å². The molecule has 2 rings (SSSR count). The van der Waals surface area contributed by atoms with Gasteiger partial charge in [0.2, 0.25) is 0 Å². The molecule has 0 N–H and O–H groups in total. The van der Waals surface area contributed by atoms with Crippen LogP contribution in [0.15, 0.2) is 36.4 Å². The van der Waals surface area contributed by atoms with E-state index in [-0.39, 0.29) is 29.6 Å². The number of carboxylic acids is 1. The molecule has 0 spiro atoms. The predicted molar refractivity (Wildman–Crippen MR) is 52.2 cm³/mol. The van der Waals surface area contributed by atoms with E-state index in [2.05, 4.69) is 0 Å². The van der Waals surface area contributed by atoms with Gasteiger partial charge < -0.3 is 9.90 Å². The summed E-state index contributed by atoms with van der Waals surface area (Å²) in [6.07, 6.45) is 3.41. The molecular formula is C12H11NaO2. The second-order valence-corrected chi connectivity index (χ2v) is 3.56. The number of carbonyl (C=O) groups excluding carboxylic acids is 1. The largest absolute Gasteiger partial charge is 1.00 e. The predicted octanol–water partition coefficient (Wildman–Crippen LogP) is -1.77. The number of allylic oxidation sites excluding steroid dienone is 1. The molecule has 0 saturated heterocycles. The monoisotopic (exact) mass is 210 g/mol. The van der Waals surface area contributed by atoms with Gasteiger partial charge in [0.25, 0.3) is 0 Å². The van der Waals surface area contributed by atoms with Gasteiger partial charge >= 0.3 is 29.6 Å². The van der Waals surface area contributed by atoms with E-state index in [9.17, 15) is 9.90 Å². The SMILES string of the molecule is O=C([O-])C=C(c1ccccc1)C1CC1.[Na+]. The maximum Gasteiger partial charge on any atom is 1.00 e. The van der Waals surface area contributed by atoms with Crippen molar-refractivity contribution >= 4 is 11.5 Å². The zero-order chi connectivity index (χ0) is 9.97. The normalized spacial score (nSPS) is 15.6. The van der Waals surface area contributed by atoms with Gasteiger partial charge in [0.1, 0.15) is 0 Å². The molecule has 0 atom stereocenters. The Morgan fingerprint density at radius 2 is 1.87 bits per heavy atom. The van der Waals surface area contributed by atoms with E-state index in [4.69, 9.17) is 0 Å². The second kappa shape index (κ2) is 5.50. The Kier molecular flexibility index (Phi) is 4.58. The molecule has 0 amide bonds. The van der Waals surface area contributed by atoms with Gasteiger partial charge in [-0.3, -0.25) is 0 Å². The van der Waals surface area contributed by atoms with Crippen molar-refractivity contribution in [1.82, 2.24) is 0 Å². The van der Waals surface area contributed by atoms with Crippen LogP contribution >= 0.6 is 0 Å². The fourth-order valence-electron chi connectivity index (χ4n) is 1.59. The Hall–Kier alpha value is -0.570. The Morgan fingerprint density at radius 3 is 2.33 bits per heavy atom. The summed E-state index contributed by atoms with van der Waals surface area (Å²) in [4.78, 5) is 10.5. The van der Waals surface area contributed by atoms with Crippen molar-refractivity contribution in [1.29, 1.82) is 0 Å². The maximum absolute atomic E-state index is 10.5. The molecular weight excluding hydrogens is 199 g/mol. The maximum atomic E-state index is 10.5. The first-order valence-corrected chi connectivity index (χ1v) is 4.75. The van der Waals surface area contributed by atoms with E-state index < -0.39 is 5.97 Å². The van der Waals surface area contributed by atoms with Crippen molar-refractivity contribution < 1.29 is 39.5 Å². The molecule has 72 valence electrons. The van der Waals surface area contributed by atoms with Crippen LogP contribution in [0.5, 0.6) is 0 Å². The van der Waals surface area contributed by atoms with Crippen molar-refractivity contribution in [2.75, 3.05) is 0 Å². The van der Waals surface area contributed by atoms with E-state index >= 15 is 0 Å². The summed E-state index contributed by atoms with van der Waals surface area (Å²) in [5, 5.41) is 10.5. The first-order valence-electron chi connectivity index (χ1n) is 4.75. The molecule has 1 aliphatic carbocycles. The molecule has 1 saturated carbocycles. The summed E-state index contributed by atoms with van der Waals surface area (Å²) in [6, 6.07) is 9.63. The number of rotatable bonds is 3. The smallest absolute Gasteiger partial charge is 0.545 e. The summed E-state index contributed by atoms with van der Waals surface area (Å²) < 4.78 is 0. The van der Waals surface area contributed by atoms with Gasteiger partial charge in [-0.1, -0.05) is 30.3 Å². The zero-order valence-electron chi connectivity index (χ0n) is 8.77. The molecule has 0 unspecified atom stereocenters. The van der Waals surface area contributed by atoms with Crippen LogP contribution < -0.4 is 34.7 Å². The molecule has 0 aromatic heterocycles. The standard InChI is InChI=1S/C12H12O2.Na/c13-12(14)8-11(10-6-7-10)9-4-2-1-3-5-9;/h1-5,8,10H,6-7H2,(H,13,14);/q;+1/p-1. The molecule has 3 heteroatoms. The van der Waals surface area contributed by atoms with Crippen molar-refractivity contribution in [2.24, 2.45) is 5.92 Å². The molecule has 1 aliphatic rings. The molecule has 0 heterocycles. The van der Waals surface area contributed by atoms with Crippen LogP contribution in [0.3, 0.4) is 0 Å². The summed E-state index contributed by atoms with van der Waals surface area (Å²) >= 11 is 0. The molecule has 2 nitrogen and oxygen atoms in total. The number of hydrogen-bond donors (Lipinski definition) is 0. The van der Waals surface area contributed by atoms with Crippen LogP contribution in [-0.4, -0.2) is 5.97 Å². The first-order chi connectivity index (χ1) is 6.77. The van der Waals surface area contributed by atoms with Gasteiger partial charge in [0, 0.05) is 0 Å². The number of carbonyl (C=O) groups is 1. The summed E-state index contributed by atoms with van der Waals surface area (Å²) in [6.45, 7) is 0. The topological polar surface area (TPSA) is 40.1 Å². The van der Waals surface area contributed by atoms with E-state index in [1.807, 2.05) is 30.3 Å². The number of hydrogen-bond acceptors (Lipinski definition) is 2. The van der Waals surface area contributed by atoms with Crippen LogP contribution in [0, 0.1) is 5.92 Å². The van der Waals surface area contributed by atoms with E-state index in [0.717, 1.165) is 24.0 Å². The number of aliphatic carboxylic acids is 1. The molecule has 0 radical (unpaired) electrons. The first kappa shape index (κ1) is 12.5. The molecule has 1 aromatic carbocycles. The molecule has 0 bridgehead atoms. The number of benzene rings is 1. The van der Waals surface area contributed by atoms with E-state index in [0.29, 0.717) is 5.92 Å². The molecule has 1 aromatic rings. The summed E-state index contributed by atoms with van der Waals surface area (Å²) in [5.41, 5.74) is 1.91.